The fraction of sp³-hybridized carbons (Fsp3) is 0.174. The molecule has 0 saturated carbocycles. The average molecular weight is 421 g/mol. The first-order chi connectivity index (χ1) is 14.6. The Bertz CT molecular complexity index is 1050. The van der Waals surface area contributed by atoms with Gasteiger partial charge in [-0.2, -0.15) is 0 Å². The van der Waals surface area contributed by atoms with Crippen LogP contribution in [0.5, 0.6) is 0 Å². The number of halogens is 1. The van der Waals surface area contributed by atoms with Crippen molar-refractivity contribution in [3.63, 3.8) is 0 Å². The molecule has 152 valence electrons. The number of carbonyl (C=O) groups excluding carboxylic acids is 1. The molecule has 1 aliphatic heterocycles. The second-order valence-corrected chi connectivity index (χ2v) is 7.30. The van der Waals surface area contributed by atoms with Crippen molar-refractivity contribution in [3.05, 3.63) is 83.0 Å². The molecule has 0 unspecified atom stereocenters. The number of ether oxygens (including phenoxy) is 1. The highest BCUT2D eigenvalue weighted by Gasteiger charge is 2.16. The van der Waals surface area contributed by atoms with Gasteiger partial charge in [-0.05, 0) is 42.5 Å². The van der Waals surface area contributed by atoms with E-state index in [0.717, 1.165) is 16.8 Å². The number of aromatic nitrogens is 1. The Morgan fingerprint density at radius 2 is 1.77 bits per heavy atom. The minimum atomic E-state index is -0.228. The van der Waals surface area contributed by atoms with Crippen LogP contribution in [0.1, 0.15) is 15.9 Å². The standard InChI is InChI=1S/C23H21ClN4O2/c24-20-9-8-18(15-19(20)21-3-1-2-10-26-21)27-23(29)17-6-4-16(5-7-17)22(25)28-11-13-30-14-12-28/h1-10,15,25H,11-14H2,(H,27,29). The topological polar surface area (TPSA) is 78.3 Å². The molecule has 2 aromatic carbocycles. The normalized spacial score (nSPS) is 13.7. The van der Waals surface area contributed by atoms with E-state index in [2.05, 4.69) is 10.3 Å². The number of anilines is 1. The van der Waals surface area contributed by atoms with E-state index in [1.54, 1.807) is 42.6 Å². The minimum absolute atomic E-state index is 0.228. The van der Waals surface area contributed by atoms with E-state index in [1.165, 1.54) is 0 Å². The van der Waals surface area contributed by atoms with Crippen molar-refractivity contribution in [2.75, 3.05) is 31.6 Å². The van der Waals surface area contributed by atoms with Crippen LogP contribution in [0.4, 0.5) is 5.69 Å². The molecule has 6 nitrogen and oxygen atoms in total. The molecule has 0 radical (unpaired) electrons. The number of nitrogens with one attached hydrogen (secondary N) is 2. The third kappa shape index (κ3) is 4.50. The van der Waals surface area contributed by atoms with Crippen molar-refractivity contribution >= 4 is 29.0 Å². The molecular weight excluding hydrogens is 400 g/mol. The van der Waals surface area contributed by atoms with E-state index >= 15 is 0 Å². The number of carbonyl (C=O) groups is 1. The number of hydrogen-bond acceptors (Lipinski definition) is 4. The van der Waals surface area contributed by atoms with Gasteiger partial charge in [-0.3, -0.25) is 15.2 Å². The van der Waals surface area contributed by atoms with Gasteiger partial charge in [-0.25, -0.2) is 0 Å². The summed E-state index contributed by atoms with van der Waals surface area (Å²) in [6, 6.07) is 18.0. The van der Waals surface area contributed by atoms with Crippen molar-refractivity contribution in [1.82, 2.24) is 9.88 Å². The minimum Gasteiger partial charge on any atom is -0.378 e. The van der Waals surface area contributed by atoms with Crippen LogP contribution in [0.2, 0.25) is 5.02 Å². The fourth-order valence-corrected chi connectivity index (χ4v) is 3.49. The van der Waals surface area contributed by atoms with E-state index in [4.69, 9.17) is 21.7 Å². The molecule has 1 aliphatic rings. The zero-order chi connectivity index (χ0) is 20.9. The molecule has 0 atom stereocenters. The maximum Gasteiger partial charge on any atom is 0.255 e. The van der Waals surface area contributed by atoms with Gasteiger partial charge in [0.25, 0.3) is 5.91 Å². The van der Waals surface area contributed by atoms with E-state index in [-0.39, 0.29) is 5.91 Å². The summed E-state index contributed by atoms with van der Waals surface area (Å²) in [5.41, 5.74) is 3.42. The molecule has 4 rings (SSSR count). The molecular formula is C23H21ClN4O2. The first-order valence-electron chi connectivity index (χ1n) is 9.66. The van der Waals surface area contributed by atoms with E-state index in [9.17, 15) is 4.79 Å². The summed E-state index contributed by atoms with van der Waals surface area (Å²) in [6.07, 6.45) is 1.70. The summed E-state index contributed by atoms with van der Waals surface area (Å²) in [7, 11) is 0. The number of nitrogens with zero attached hydrogens (tertiary/aromatic N) is 2. The van der Waals surface area contributed by atoms with Crippen LogP contribution < -0.4 is 5.32 Å². The van der Waals surface area contributed by atoms with Gasteiger partial charge in [-0.1, -0.05) is 29.8 Å². The predicted octanol–water partition coefficient (Wildman–Crippen LogP) is 4.31. The van der Waals surface area contributed by atoms with Crippen molar-refractivity contribution in [1.29, 1.82) is 5.41 Å². The lowest BCUT2D eigenvalue weighted by Gasteiger charge is -2.29. The van der Waals surface area contributed by atoms with Gasteiger partial charge in [0, 0.05) is 41.7 Å². The van der Waals surface area contributed by atoms with Crippen molar-refractivity contribution in [3.8, 4) is 11.3 Å². The molecule has 1 amide bonds. The maximum atomic E-state index is 12.7. The van der Waals surface area contributed by atoms with Gasteiger partial charge in [0.15, 0.2) is 0 Å². The van der Waals surface area contributed by atoms with Gasteiger partial charge < -0.3 is 15.0 Å². The van der Waals surface area contributed by atoms with Gasteiger partial charge in [-0.15, -0.1) is 0 Å². The van der Waals surface area contributed by atoms with Crippen molar-refractivity contribution < 1.29 is 9.53 Å². The number of amidine groups is 1. The predicted molar refractivity (Wildman–Crippen MR) is 118 cm³/mol. The Balaban J connectivity index is 1.47. The number of rotatable bonds is 4. The van der Waals surface area contributed by atoms with Crippen molar-refractivity contribution in [2.45, 2.75) is 0 Å². The largest absolute Gasteiger partial charge is 0.378 e. The summed E-state index contributed by atoms with van der Waals surface area (Å²) in [5.74, 6) is 0.219. The van der Waals surface area contributed by atoms with Crippen LogP contribution in [0, 0.1) is 5.41 Å². The van der Waals surface area contributed by atoms with Crippen LogP contribution in [0.3, 0.4) is 0 Å². The lowest BCUT2D eigenvalue weighted by atomic mass is 10.1. The Labute approximate surface area is 180 Å². The molecule has 2 heterocycles. The molecule has 30 heavy (non-hydrogen) atoms. The summed E-state index contributed by atoms with van der Waals surface area (Å²) in [6.45, 7) is 2.67. The van der Waals surface area contributed by atoms with Crippen LogP contribution >= 0.6 is 11.6 Å². The average Bonchev–Trinajstić information content (AvgIpc) is 2.81. The molecule has 0 aliphatic carbocycles. The molecule has 3 aromatic rings. The maximum absolute atomic E-state index is 12.7. The van der Waals surface area contributed by atoms with Gasteiger partial charge in [0.1, 0.15) is 5.84 Å². The quantitative estimate of drug-likeness (QED) is 0.487. The highest BCUT2D eigenvalue weighted by molar-refractivity contribution is 6.33. The molecule has 1 aromatic heterocycles. The van der Waals surface area contributed by atoms with Crippen LogP contribution in [0.25, 0.3) is 11.3 Å². The summed E-state index contributed by atoms with van der Waals surface area (Å²) < 4.78 is 5.33. The first-order valence-corrected chi connectivity index (χ1v) is 10.0. The zero-order valence-corrected chi connectivity index (χ0v) is 17.0. The highest BCUT2D eigenvalue weighted by atomic mass is 35.5. The van der Waals surface area contributed by atoms with E-state index in [1.807, 2.05) is 29.2 Å². The van der Waals surface area contributed by atoms with Crippen molar-refractivity contribution in [2.24, 2.45) is 0 Å². The van der Waals surface area contributed by atoms with Gasteiger partial charge in [0.2, 0.25) is 0 Å². The van der Waals surface area contributed by atoms with Crippen LogP contribution in [-0.2, 0) is 4.74 Å². The monoisotopic (exact) mass is 420 g/mol. The molecule has 0 spiro atoms. The van der Waals surface area contributed by atoms with Crippen LogP contribution in [-0.4, -0.2) is 47.9 Å². The third-order valence-electron chi connectivity index (χ3n) is 4.91. The number of benzene rings is 2. The summed E-state index contributed by atoms with van der Waals surface area (Å²) in [4.78, 5) is 19.0. The molecule has 0 bridgehead atoms. The van der Waals surface area contributed by atoms with Gasteiger partial charge >= 0.3 is 0 Å². The smallest absolute Gasteiger partial charge is 0.255 e. The van der Waals surface area contributed by atoms with Crippen LogP contribution in [0.15, 0.2) is 66.9 Å². The molecule has 1 saturated heterocycles. The number of pyridine rings is 1. The number of hydrogen-bond donors (Lipinski definition) is 2. The Kier molecular flexibility index (Phi) is 6.07. The molecule has 2 N–H and O–H groups in total. The summed E-state index contributed by atoms with van der Waals surface area (Å²) >= 11 is 6.31. The van der Waals surface area contributed by atoms with E-state index in [0.29, 0.717) is 48.4 Å². The fourth-order valence-electron chi connectivity index (χ4n) is 3.27. The molecule has 1 fully saturated rings. The lowest BCUT2D eigenvalue weighted by molar-refractivity contribution is 0.0680. The third-order valence-corrected chi connectivity index (χ3v) is 5.24. The highest BCUT2D eigenvalue weighted by Crippen LogP contribution is 2.29. The Morgan fingerprint density at radius 3 is 2.47 bits per heavy atom. The SMILES string of the molecule is N=C(c1ccc(C(=O)Nc2ccc(Cl)c(-c3ccccn3)c2)cc1)N1CCOCC1. The second-order valence-electron chi connectivity index (χ2n) is 6.89. The second kappa shape index (κ2) is 9.07. The zero-order valence-electron chi connectivity index (χ0n) is 16.3. The lowest BCUT2D eigenvalue weighted by Crippen LogP contribution is -2.40. The van der Waals surface area contributed by atoms with E-state index < -0.39 is 0 Å². The molecule has 7 heteroatoms. The Morgan fingerprint density at radius 1 is 1.03 bits per heavy atom. The Hall–Kier alpha value is -3.22. The summed E-state index contributed by atoms with van der Waals surface area (Å²) in [5, 5.41) is 11.8. The number of amides is 1. The number of morpholine rings is 1. The van der Waals surface area contributed by atoms with Gasteiger partial charge in [0.05, 0.1) is 23.9 Å². The first kappa shape index (κ1) is 20.1.